The van der Waals surface area contributed by atoms with Crippen LogP contribution in [0.1, 0.15) is 265 Å². The largest absolute Gasteiger partial charge is 0.479 e. The number of unbranched alkanes of at least 4 members (excludes halogenated alkanes) is 28. The van der Waals surface area contributed by atoms with Crippen molar-refractivity contribution < 1.29 is 58.2 Å². The first-order valence-corrected chi connectivity index (χ1v) is 29.6. The van der Waals surface area contributed by atoms with Crippen molar-refractivity contribution in [1.29, 1.82) is 0 Å². The first kappa shape index (κ1) is 67.7. The molecule has 0 amide bonds. The number of carboxylic acids is 1. The van der Waals surface area contributed by atoms with Crippen molar-refractivity contribution in [2.75, 3.05) is 13.2 Å². The SMILES string of the molecule is CC/C=C\C/C=C\C/C=C\CCCCCCCC(=O)OC1C(OCC(COC(=O)CCCCCCCCCCC/C=C\CCCCCCCC)OC(=O)CCCCCCCCCCC)OC(C(=O)O)C(O)C1O. The Morgan fingerprint density at radius 2 is 0.863 bits per heavy atom. The van der Waals surface area contributed by atoms with Gasteiger partial charge < -0.3 is 39.0 Å². The van der Waals surface area contributed by atoms with E-state index in [4.69, 9.17) is 23.7 Å². The molecule has 0 aromatic carbocycles. The number of aliphatic hydroxyl groups excluding tert-OH is 2. The van der Waals surface area contributed by atoms with Crippen LogP contribution in [0, 0.1) is 0 Å². The summed E-state index contributed by atoms with van der Waals surface area (Å²) < 4.78 is 28.4. The summed E-state index contributed by atoms with van der Waals surface area (Å²) in [7, 11) is 0. The van der Waals surface area contributed by atoms with Crippen LogP contribution >= 0.6 is 0 Å². The number of ether oxygens (including phenoxy) is 5. The highest BCUT2D eigenvalue weighted by molar-refractivity contribution is 5.74. The van der Waals surface area contributed by atoms with E-state index in [1.807, 2.05) is 0 Å². The number of aliphatic hydroxyl groups is 2. The van der Waals surface area contributed by atoms with E-state index in [0.29, 0.717) is 19.3 Å². The van der Waals surface area contributed by atoms with Crippen LogP contribution in [-0.4, -0.2) is 89.2 Å². The molecule has 1 aliphatic rings. The van der Waals surface area contributed by atoms with Crippen LogP contribution in [0.25, 0.3) is 0 Å². The summed E-state index contributed by atoms with van der Waals surface area (Å²) in [5.41, 5.74) is 0. The number of allylic oxidation sites excluding steroid dienone is 8. The monoisotopic (exact) mass is 1030 g/mol. The Balaban J connectivity index is 2.63. The second-order valence-electron chi connectivity index (χ2n) is 20.3. The Hall–Kier alpha value is -3.32. The number of carbonyl (C=O) groups excluding carboxylic acids is 3. The molecule has 0 aliphatic carbocycles. The predicted molar refractivity (Wildman–Crippen MR) is 294 cm³/mol. The molecule has 12 nitrogen and oxygen atoms in total. The number of hydrogen-bond donors (Lipinski definition) is 3. The summed E-state index contributed by atoms with van der Waals surface area (Å²) in [5, 5.41) is 31.4. The first-order valence-electron chi connectivity index (χ1n) is 29.6. The molecule has 0 aromatic rings. The summed E-state index contributed by atoms with van der Waals surface area (Å²) >= 11 is 0. The maximum atomic E-state index is 13.1. The summed E-state index contributed by atoms with van der Waals surface area (Å²) in [6.45, 7) is 5.85. The highest BCUT2D eigenvalue weighted by Crippen LogP contribution is 2.26. The number of carboxylic acid groups (broad SMARTS) is 1. The molecule has 12 heteroatoms. The molecule has 3 N–H and O–H groups in total. The molecule has 0 radical (unpaired) electrons. The van der Waals surface area contributed by atoms with Crippen molar-refractivity contribution in [3.05, 3.63) is 48.6 Å². The van der Waals surface area contributed by atoms with E-state index in [1.54, 1.807) is 0 Å². The van der Waals surface area contributed by atoms with Gasteiger partial charge in [-0.2, -0.15) is 0 Å². The Labute approximate surface area is 443 Å². The molecule has 6 unspecified atom stereocenters. The number of esters is 3. The van der Waals surface area contributed by atoms with Crippen LogP contribution in [-0.2, 0) is 42.9 Å². The number of carbonyl (C=O) groups is 4. The van der Waals surface area contributed by atoms with Crippen molar-refractivity contribution in [3.8, 4) is 0 Å². The third-order valence-corrected chi connectivity index (χ3v) is 13.4. The van der Waals surface area contributed by atoms with E-state index in [9.17, 15) is 34.5 Å². The van der Waals surface area contributed by atoms with Gasteiger partial charge in [0, 0.05) is 19.3 Å². The fourth-order valence-electron chi connectivity index (χ4n) is 8.85. The first-order chi connectivity index (χ1) is 35.6. The van der Waals surface area contributed by atoms with Gasteiger partial charge in [-0.1, -0.05) is 217 Å². The molecule has 1 rings (SSSR count). The van der Waals surface area contributed by atoms with E-state index in [1.165, 1.54) is 116 Å². The summed E-state index contributed by atoms with van der Waals surface area (Å²) in [6.07, 6.45) is 46.7. The summed E-state index contributed by atoms with van der Waals surface area (Å²) in [4.78, 5) is 51.0. The van der Waals surface area contributed by atoms with Gasteiger partial charge >= 0.3 is 23.9 Å². The molecule has 1 aliphatic heterocycles. The Morgan fingerprint density at radius 3 is 1.33 bits per heavy atom. The zero-order valence-electron chi connectivity index (χ0n) is 46.4. The summed E-state index contributed by atoms with van der Waals surface area (Å²) in [5.74, 6) is -3.13. The minimum atomic E-state index is -1.91. The highest BCUT2D eigenvalue weighted by atomic mass is 16.7. The molecule has 73 heavy (non-hydrogen) atoms. The fourth-order valence-corrected chi connectivity index (χ4v) is 8.85. The molecule has 6 atom stereocenters. The van der Waals surface area contributed by atoms with E-state index in [-0.39, 0.29) is 25.9 Å². The van der Waals surface area contributed by atoms with Gasteiger partial charge in [0.1, 0.15) is 18.8 Å². The van der Waals surface area contributed by atoms with Crippen molar-refractivity contribution in [2.24, 2.45) is 0 Å². The van der Waals surface area contributed by atoms with Gasteiger partial charge in [-0.25, -0.2) is 4.79 Å². The molecule has 1 fully saturated rings. The zero-order chi connectivity index (χ0) is 53.3. The molecule has 0 spiro atoms. The Kier molecular flexibility index (Phi) is 45.9. The van der Waals surface area contributed by atoms with Crippen LogP contribution in [0.4, 0.5) is 0 Å². The van der Waals surface area contributed by atoms with E-state index < -0.39 is 67.3 Å². The lowest BCUT2D eigenvalue weighted by Crippen LogP contribution is -2.61. The lowest BCUT2D eigenvalue weighted by atomic mass is 9.98. The van der Waals surface area contributed by atoms with Crippen molar-refractivity contribution in [3.63, 3.8) is 0 Å². The number of aliphatic carboxylic acids is 1. The van der Waals surface area contributed by atoms with Gasteiger partial charge in [-0.15, -0.1) is 0 Å². The van der Waals surface area contributed by atoms with E-state index in [0.717, 1.165) is 89.9 Å². The second-order valence-corrected chi connectivity index (χ2v) is 20.3. The minimum absolute atomic E-state index is 0.0425. The molecule has 422 valence electrons. The van der Waals surface area contributed by atoms with Gasteiger partial charge in [0.25, 0.3) is 0 Å². The van der Waals surface area contributed by atoms with Crippen LogP contribution in [0.15, 0.2) is 48.6 Å². The van der Waals surface area contributed by atoms with Crippen molar-refractivity contribution >= 4 is 23.9 Å². The molecular weight excluding hydrogens is 925 g/mol. The zero-order valence-corrected chi connectivity index (χ0v) is 46.4. The average molecular weight is 1030 g/mol. The molecule has 0 saturated carbocycles. The van der Waals surface area contributed by atoms with Crippen LogP contribution < -0.4 is 0 Å². The van der Waals surface area contributed by atoms with Crippen LogP contribution in [0.2, 0.25) is 0 Å². The number of hydrogen-bond acceptors (Lipinski definition) is 11. The molecule has 1 heterocycles. The average Bonchev–Trinajstić information content (AvgIpc) is 3.37. The quantitative estimate of drug-likeness (QED) is 0.0228. The Morgan fingerprint density at radius 1 is 0.466 bits per heavy atom. The van der Waals surface area contributed by atoms with Gasteiger partial charge in [0.05, 0.1) is 6.61 Å². The third-order valence-electron chi connectivity index (χ3n) is 13.4. The number of rotatable bonds is 50. The predicted octanol–water partition coefficient (Wildman–Crippen LogP) is 15.0. The standard InChI is InChI=1S/C61H106O12/c1-4-7-10-13-16-19-21-23-25-26-27-28-30-31-33-36-38-41-44-47-53(62)69-50-52(71-54(63)48-45-42-39-35-18-15-12-9-6-3)51-70-61-59(57(66)56(65)58(73-61)60(67)68)72-55(64)49-46-43-40-37-34-32-29-24-22-20-17-14-11-8-5-2/h8,11,17,20,23-25,29,52,56-59,61,65-66H,4-7,9-10,12-16,18-19,21-22,26-28,30-51H2,1-3H3,(H,67,68)/b11-8-,20-17-,25-23-,29-24-. The van der Waals surface area contributed by atoms with Crippen LogP contribution in [0.3, 0.4) is 0 Å². The Bertz CT molecular complexity index is 1460. The molecule has 0 aromatic heterocycles. The smallest absolute Gasteiger partial charge is 0.335 e. The lowest BCUT2D eigenvalue weighted by molar-refractivity contribution is -0.301. The molecule has 0 bridgehead atoms. The second kappa shape index (κ2) is 49.6. The van der Waals surface area contributed by atoms with E-state index >= 15 is 0 Å². The van der Waals surface area contributed by atoms with Crippen molar-refractivity contribution in [2.45, 2.75) is 302 Å². The highest BCUT2D eigenvalue weighted by Gasteiger charge is 2.50. The maximum Gasteiger partial charge on any atom is 0.335 e. The third kappa shape index (κ3) is 39.7. The topological polar surface area (TPSA) is 175 Å². The van der Waals surface area contributed by atoms with Gasteiger partial charge in [-0.05, 0) is 77.0 Å². The maximum absolute atomic E-state index is 13.1. The van der Waals surface area contributed by atoms with Gasteiger partial charge in [-0.3, -0.25) is 14.4 Å². The lowest BCUT2D eigenvalue weighted by Gasteiger charge is -2.40. The minimum Gasteiger partial charge on any atom is -0.479 e. The van der Waals surface area contributed by atoms with E-state index in [2.05, 4.69) is 69.4 Å². The van der Waals surface area contributed by atoms with Crippen LogP contribution in [0.5, 0.6) is 0 Å². The summed E-state index contributed by atoms with van der Waals surface area (Å²) in [6, 6.07) is 0. The molecular formula is C61H106O12. The molecule has 1 saturated heterocycles. The van der Waals surface area contributed by atoms with Gasteiger partial charge in [0.2, 0.25) is 0 Å². The normalized spacial score (nSPS) is 18.6. The fraction of sp³-hybridized carbons (Fsp3) is 0.803. The van der Waals surface area contributed by atoms with Gasteiger partial charge in [0.15, 0.2) is 24.6 Å². The van der Waals surface area contributed by atoms with Crippen molar-refractivity contribution in [1.82, 2.24) is 0 Å².